The van der Waals surface area contributed by atoms with Crippen LogP contribution in [0.15, 0.2) is 60.8 Å². The number of aromatic amines is 1. The number of fused-ring (bicyclic) bond motifs is 1. The van der Waals surface area contributed by atoms with Crippen molar-refractivity contribution >= 4 is 16.8 Å². The van der Waals surface area contributed by atoms with Gasteiger partial charge in [-0.05, 0) is 74.5 Å². The van der Waals surface area contributed by atoms with Crippen molar-refractivity contribution in [2.24, 2.45) is 0 Å². The summed E-state index contributed by atoms with van der Waals surface area (Å²) in [6.07, 6.45) is 4.43. The van der Waals surface area contributed by atoms with Gasteiger partial charge in [0.15, 0.2) is 0 Å². The predicted molar refractivity (Wildman–Crippen MR) is 155 cm³/mol. The van der Waals surface area contributed by atoms with E-state index in [1.807, 2.05) is 31.3 Å². The number of pyridine rings is 1. The van der Waals surface area contributed by atoms with E-state index in [0.717, 1.165) is 62.4 Å². The van der Waals surface area contributed by atoms with Crippen LogP contribution in [-0.4, -0.2) is 65.4 Å². The summed E-state index contributed by atoms with van der Waals surface area (Å²) in [4.78, 5) is 26.3. The van der Waals surface area contributed by atoms with Crippen LogP contribution in [0.2, 0.25) is 0 Å². The number of halogens is 1. The molecule has 2 aromatic carbocycles. The van der Waals surface area contributed by atoms with Gasteiger partial charge in [0.2, 0.25) is 0 Å². The first-order valence-electron chi connectivity index (χ1n) is 13.9. The Labute approximate surface area is 230 Å². The van der Waals surface area contributed by atoms with Gasteiger partial charge in [-0.15, -0.1) is 0 Å². The number of likely N-dealkylation sites (N-methyl/N-ethyl adjacent to an activating group) is 1. The fourth-order valence-corrected chi connectivity index (χ4v) is 5.42. The lowest BCUT2D eigenvalue weighted by atomic mass is 9.98. The maximum atomic E-state index is 14.4. The Balaban J connectivity index is 1.34. The predicted octanol–water partition coefficient (Wildman–Crippen LogP) is 5.21. The molecule has 3 heterocycles. The highest BCUT2D eigenvalue weighted by atomic mass is 19.1. The zero-order valence-electron chi connectivity index (χ0n) is 23.1. The summed E-state index contributed by atoms with van der Waals surface area (Å²) in [5.74, 6) is -0.598. The van der Waals surface area contributed by atoms with Crippen LogP contribution in [0.1, 0.15) is 50.9 Å². The van der Waals surface area contributed by atoms with Crippen molar-refractivity contribution in [2.75, 3.05) is 39.8 Å². The van der Waals surface area contributed by atoms with Gasteiger partial charge in [0, 0.05) is 44.3 Å². The second-order valence-corrected chi connectivity index (χ2v) is 10.8. The third-order valence-corrected chi connectivity index (χ3v) is 7.88. The second-order valence-electron chi connectivity index (χ2n) is 10.8. The Kier molecular flexibility index (Phi) is 8.38. The molecule has 1 fully saturated rings. The SMILES string of the molecule is Cc1cc(CCN2CCN(C)CC2)cnc1C(CCc1ccccc1)NC(=O)c1cc2c(F)ccc(C)c2[nH]1. The van der Waals surface area contributed by atoms with Crippen LogP contribution in [0.25, 0.3) is 10.9 Å². The lowest BCUT2D eigenvalue weighted by molar-refractivity contribution is 0.0929. The zero-order valence-corrected chi connectivity index (χ0v) is 23.1. The molecule has 2 N–H and O–H groups in total. The molecule has 1 unspecified atom stereocenters. The number of hydrogen-bond donors (Lipinski definition) is 2. The number of rotatable bonds is 9. The molecule has 1 saturated heterocycles. The minimum Gasteiger partial charge on any atom is -0.350 e. The molecule has 7 heteroatoms. The van der Waals surface area contributed by atoms with Gasteiger partial charge in [0.05, 0.1) is 17.3 Å². The Bertz CT molecular complexity index is 1390. The van der Waals surface area contributed by atoms with Crippen molar-refractivity contribution in [3.63, 3.8) is 0 Å². The van der Waals surface area contributed by atoms with E-state index in [2.05, 4.69) is 52.3 Å². The lowest BCUT2D eigenvalue weighted by Gasteiger charge is -2.32. The molecule has 1 atom stereocenters. The van der Waals surface area contributed by atoms with Crippen LogP contribution >= 0.6 is 0 Å². The first kappa shape index (κ1) is 27.0. The molecule has 1 aliphatic rings. The van der Waals surface area contributed by atoms with E-state index in [1.54, 1.807) is 12.1 Å². The number of carbonyl (C=O) groups excluding carboxylic acids is 1. The quantitative estimate of drug-likeness (QED) is 0.314. The molecular weight excluding hydrogens is 489 g/mol. The fourth-order valence-electron chi connectivity index (χ4n) is 5.42. The Morgan fingerprint density at radius 3 is 2.49 bits per heavy atom. The average molecular weight is 528 g/mol. The van der Waals surface area contributed by atoms with E-state index in [9.17, 15) is 9.18 Å². The van der Waals surface area contributed by atoms with Crippen LogP contribution in [0.5, 0.6) is 0 Å². The Morgan fingerprint density at radius 1 is 1.00 bits per heavy atom. The van der Waals surface area contributed by atoms with Gasteiger partial charge in [-0.2, -0.15) is 0 Å². The lowest BCUT2D eigenvalue weighted by Crippen LogP contribution is -2.45. The average Bonchev–Trinajstić information content (AvgIpc) is 3.41. The summed E-state index contributed by atoms with van der Waals surface area (Å²) in [5.41, 5.74) is 6.27. The number of piperazine rings is 1. The van der Waals surface area contributed by atoms with E-state index < -0.39 is 0 Å². The van der Waals surface area contributed by atoms with Crippen LogP contribution in [0.4, 0.5) is 4.39 Å². The van der Waals surface area contributed by atoms with E-state index in [0.29, 0.717) is 23.0 Å². The number of aryl methyl sites for hydroxylation is 3. The van der Waals surface area contributed by atoms with E-state index in [1.165, 1.54) is 17.2 Å². The number of hydrogen-bond acceptors (Lipinski definition) is 4. The van der Waals surface area contributed by atoms with E-state index >= 15 is 0 Å². The summed E-state index contributed by atoms with van der Waals surface area (Å²) >= 11 is 0. The van der Waals surface area contributed by atoms with Crippen molar-refractivity contribution in [3.05, 3.63) is 100 Å². The Hall–Kier alpha value is -3.55. The molecular formula is C32H38FN5O. The van der Waals surface area contributed by atoms with Gasteiger partial charge in [-0.3, -0.25) is 9.78 Å². The molecule has 204 valence electrons. The van der Waals surface area contributed by atoms with Crippen LogP contribution in [-0.2, 0) is 12.8 Å². The first-order chi connectivity index (χ1) is 18.9. The number of carbonyl (C=O) groups is 1. The van der Waals surface area contributed by atoms with Crippen LogP contribution < -0.4 is 5.32 Å². The largest absolute Gasteiger partial charge is 0.350 e. The topological polar surface area (TPSA) is 64.3 Å². The first-order valence-corrected chi connectivity index (χ1v) is 13.9. The zero-order chi connectivity index (χ0) is 27.4. The van der Waals surface area contributed by atoms with Crippen molar-refractivity contribution < 1.29 is 9.18 Å². The number of benzene rings is 2. The number of H-pyrrole nitrogens is 1. The number of nitrogens with one attached hydrogen (secondary N) is 2. The summed E-state index contributed by atoms with van der Waals surface area (Å²) in [6.45, 7) is 9.44. The van der Waals surface area contributed by atoms with E-state index in [-0.39, 0.29) is 17.8 Å². The summed E-state index contributed by atoms with van der Waals surface area (Å²) in [6, 6.07) is 17.0. The molecule has 1 amide bonds. The molecule has 4 aromatic rings. The molecule has 0 spiro atoms. The maximum absolute atomic E-state index is 14.4. The monoisotopic (exact) mass is 527 g/mol. The van der Waals surface area contributed by atoms with Gasteiger partial charge >= 0.3 is 0 Å². The van der Waals surface area contributed by atoms with Crippen molar-refractivity contribution in [2.45, 2.75) is 39.2 Å². The Morgan fingerprint density at radius 2 is 1.77 bits per heavy atom. The molecule has 39 heavy (non-hydrogen) atoms. The van der Waals surface area contributed by atoms with Crippen molar-refractivity contribution in [3.8, 4) is 0 Å². The molecule has 6 nitrogen and oxygen atoms in total. The highest BCUT2D eigenvalue weighted by molar-refractivity contribution is 5.99. The van der Waals surface area contributed by atoms with Gasteiger partial charge in [-0.25, -0.2) is 4.39 Å². The van der Waals surface area contributed by atoms with Crippen molar-refractivity contribution in [1.29, 1.82) is 0 Å². The van der Waals surface area contributed by atoms with Crippen LogP contribution in [0.3, 0.4) is 0 Å². The molecule has 0 saturated carbocycles. The third-order valence-electron chi connectivity index (χ3n) is 7.88. The second kappa shape index (κ2) is 12.1. The standard InChI is InChI=1S/C32H38FN5O/c1-22-9-11-27(33)26-20-29(35-30(22)26)32(39)36-28(12-10-24-7-5-4-6-8-24)31-23(2)19-25(21-34-31)13-14-38-17-15-37(3)16-18-38/h4-9,11,19-21,28,35H,10,12-18H2,1-3H3,(H,36,39). The minimum atomic E-state index is -0.337. The normalized spacial score (nSPS) is 15.5. The minimum absolute atomic E-state index is 0.261. The van der Waals surface area contributed by atoms with Crippen molar-refractivity contribution in [1.82, 2.24) is 25.1 Å². The number of aromatic nitrogens is 2. The molecule has 0 radical (unpaired) electrons. The molecule has 0 aliphatic carbocycles. The summed E-state index contributed by atoms with van der Waals surface area (Å²) < 4.78 is 14.4. The number of amides is 1. The summed E-state index contributed by atoms with van der Waals surface area (Å²) in [7, 11) is 2.17. The maximum Gasteiger partial charge on any atom is 0.268 e. The fraction of sp³-hybridized carbons (Fsp3) is 0.375. The van der Waals surface area contributed by atoms with Gasteiger partial charge < -0.3 is 20.1 Å². The highest BCUT2D eigenvalue weighted by Crippen LogP contribution is 2.25. The highest BCUT2D eigenvalue weighted by Gasteiger charge is 2.22. The summed E-state index contributed by atoms with van der Waals surface area (Å²) in [5, 5.41) is 3.63. The van der Waals surface area contributed by atoms with Gasteiger partial charge in [0.25, 0.3) is 5.91 Å². The molecule has 2 aromatic heterocycles. The third kappa shape index (κ3) is 6.54. The van der Waals surface area contributed by atoms with Gasteiger partial charge in [-0.1, -0.05) is 42.5 Å². The van der Waals surface area contributed by atoms with Gasteiger partial charge in [0.1, 0.15) is 11.5 Å². The van der Waals surface area contributed by atoms with Crippen LogP contribution in [0, 0.1) is 19.7 Å². The molecule has 5 rings (SSSR count). The van der Waals surface area contributed by atoms with E-state index in [4.69, 9.17) is 4.98 Å². The molecule has 1 aliphatic heterocycles. The smallest absolute Gasteiger partial charge is 0.268 e. The number of nitrogens with zero attached hydrogens (tertiary/aromatic N) is 3. The molecule has 0 bridgehead atoms.